The number of fused-ring (bicyclic) bond motifs is 1. The number of anilines is 2. The first-order valence-electron chi connectivity index (χ1n) is 5.56. The van der Waals surface area contributed by atoms with Crippen LogP contribution in [0.1, 0.15) is 0 Å². The molecule has 0 aliphatic heterocycles. The number of nitrogens with zero attached hydrogens (tertiary/aromatic N) is 2. The van der Waals surface area contributed by atoms with Crippen molar-refractivity contribution >= 4 is 38.5 Å². The Morgan fingerprint density at radius 2 is 1.61 bits per heavy atom. The van der Waals surface area contributed by atoms with Gasteiger partial charge in [0, 0.05) is 10.2 Å². The molecular weight excluding hydrogens is 290 g/mol. The van der Waals surface area contributed by atoms with Crippen LogP contribution < -0.4 is 5.32 Å². The zero-order chi connectivity index (χ0) is 12.4. The van der Waals surface area contributed by atoms with Crippen molar-refractivity contribution in [3.05, 3.63) is 59.2 Å². The molecule has 4 heteroatoms. The fourth-order valence-electron chi connectivity index (χ4n) is 1.70. The summed E-state index contributed by atoms with van der Waals surface area (Å²) in [6.07, 6.45) is 1.74. The third-order valence-electron chi connectivity index (χ3n) is 2.57. The van der Waals surface area contributed by atoms with Crippen molar-refractivity contribution in [3.8, 4) is 0 Å². The summed E-state index contributed by atoms with van der Waals surface area (Å²) in [4.78, 5) is 8.87. The van der Waals surface area contributed by atoms with Crippen LogP contribution in [0.5, 0.6) is 0 Å². The van der Waals surface area contributed by atoms with Gasteiger partial charge < -0.3 is 5.32 Å². The predicted octanol–water partition coefficient (Wildman–Crippen LogP) is 4.14. The summed E-state index contributed by atoms with van der Waals surface area (Å²) in [5, 5.41) is 3.23. The molecule has 0 spiro atoms. The molecule has 3 rings (SSSR count). The van der Waals surface area contributed by atoms with Crippen molar-refractivity contribution in [1.29, 1.82) is 0 Å². The Balaban J connectivity index is 1.92. The second-order valence-corrected chi connectivity index (χ2v) is 4.79. The molecule has 0 atom stereocenters. The number of hydrogen-bond acceptors (Lipinski definition) is 3. The summed E-state index contributed by atoms with van der Waals surface area (Å²) in [5.74, 6) is 0.746. The molecule has 0 aliphatic carbocycles. The average Bonchev–Trinajstić information content (AvgIpc) is 2.41. The largest absolute Gasteiger partial charge is 0.339 e. The summed E-state index contributed by atoms with van der Waals surface area (Å²) >= 11 is 3.41. The van der Waals surface area contributed by atoms with E-state index in [4.69, 9.17) is 0 Å². The Morgan fingerprint density at radius 1 is 0.889 bits per heavy atom. The average molecular weight is 300 g/mol. The van der Waals surface area contributed by atoms with Gasteiger partial charge in [0.25, 0.3) is 0 Å². The van der Waals surface area contributed by atoms with Crippen molar-refractivity contribution in [2.45, 2.75) is 0 Å². The molecule has 1 aromatic heterocycles. The predicted molar refractivity (Wildman–Crippen MR) is 77.0 cm³/mol. The first-order chi connectivity index (χ1) is 8.81. The maximum Gasteiger partial charge on any atom is 0.149 e. The van der Waals surface area contributed by atoms with Gasteiger partial charge in [-0.1, -0.05) is 28.1 Å². The summed E-state index contributed by atoms with van der Waals surface area (Å²) in [6, 6.07) is 15.8. The van der Waals surface area contributed by atoms with Crippen LogP contribution in [0.2, 0.25) is 0 Å². The summed E-state index contributed by atoms with van der Waals surface area (Å²) in [5.41, 5.74) is 2.78. The van der Waals surface area contributed by atoms with Crippen LogP contribution in [-0.4, -0.2) is 9.97 Å². The molecule has 88 valence electrons. The van der Waals surface area contributed by atoms with Gasteiger partial charge in [0.15, 0.2) is 0 Å². The Labute approximate surface area is 113 Å². The quantitative estimate of drug-likeness (QED) is 0.773. The molecule has 1 N–H and O–H groups in total. The number of aromatic nitrogens is 2. The van der Waals surface area contributed by atoms with Crippen LogP contribution in [0.3, 0.4) is 0 Å². The zero-order valence-corrected chi connectivity index (χ0v) is 11.1. The molecule has 0 amide bonds. The number of halogens is 1. The van der Waals surface area contributed by atoms with Crippen LogP contribution in [0.4, 0.5) is 11.5 Å². The van der Waals surface area contributed by atoms with E-state index in [0.717, 1.165) is 27.0 Å². The Kier molecular flexibility index (Phi) is 2.94. The monoisotopic (exact) mass is 299 g/mol. The molecule has 0 fully saturated rings. The van der Waals surface area contributed by atoms with Crippen molar-refractivity contribution in [2.75, 3.05) is 5.32 Å². The molecule has 0 unspecified atom stereocenters. The highest BCUT2D eigenvalue weighted by molar-refractivity contribution is 9.10. The van der Waals surface area contributed by atoms with Gasteiger partial charge >= 0.3 is 0 Å². The van der Waals surface area contributed by atoms with Crippen LogP contribution in [0.15, 0.2) is 59.2 Å². The standard InChI is InChI=1S/C14H10BrN3/c15-10-5-7-11(8-6-10)17-14-9-16-12-3-1-2-4-13(12)18-14/h1-9H,(H,17,18). The maximum absolute atomic E-state index is 4.51. The van der Waals surface area contributed by atoms with E-state index in [9.17, 15) is 0 Å². The third-order valence-corrected chi connectivity index (χ3v) is 3.09. The van der Waals surface area contributed by atoms with E-state index >= 15 is 0 Å². The SMILES string of the molecule is Brc1ccc(Nc2cnc3ccccc3n2)cc1. The second-order valence-electron chi connectivity index (χ2n) is 3.88. The van der Waals surface area contributed by atoms with Gasteiger partial charge in [0.05, 0.1) is 17.2 Å². The molecule has 0 saturated carbocycles. The minimum atomic E-state index is 0.746. The van der Waals surface area contributed by atoms with Gasteiger partial charge in [0.1, 0.15) is 5.82 Å². The number of nitrogens with one attached hydrogen (secondary N) is 1. The van der Waals surface area contributed by atoms with Gasteiger partial charge in [0.2, 0.25) is 0 Å². The normalized spacial score (nSPS) is 10.5. The van der Waals surface area contributed by atoms with Crippen molar-refractivity contribution in [2.24, 2.45) is 0 Å². The van der Waals surface area contributed by atoms with E-state index in [1.807, 2.05) is 48.5 Å². The number of benzene rings is 2. The van der Waals surface area contributed by atoms with E-state index in [0.29, 0.717) is 0 Å². The van der Waals surface area contributed by atoms with Crippen molar-refractivity contribution in [3.63, 3.8) is 0 Å². The van der Waals surface area contributed by atoms with E-state index < -0.39 is 0 Å². The smallest absolute Gasteiger partial charge is 0.149 e. The van der Waals surface area contributed by atoms with E-state index in [1.165, 1.54) is 0 Å². The zero-order valence-electron chi connectivity index (χ0n) is 9.47. The number of rotatable bonds is 2. The summed E-state index contributed by atoms with van der Waals surface area (Å²) < 4.78 is 1.05. The number of hydrogen-bond donors (Lipinski definition) is 1. The first kappa shape index (κ1) is 11.2. The Bertz CT molecular complexity index is 680. The molecule has 0 bridgehead atoms. The molecule has 0 radical (unpaired) electrons. The highest BCUT2D eigenvalue weighted by Gasteiger charge is 1.99. The van der Waals surface area contributed by atoms with Gasteiger partial charge in [-0.15, -0.1) is 0 Å². The molecule has 0 aliphatic rings. The molecule has 18 heavy (non-hydrogen) atoms. The highest BCUT2D eigenvalue weighted by Crippen LogP contribution is 2.19. The molecule has 1 heterocycles. The van der Waals surface area contributed by atoms with E-state index in [2.05, 4.69) is 31.2 Å². The fourth-order valence-corrected chi connectivity index (χ4v) is 1.96. The highest BCUT2D eigenvalue weighted by atomic mass is 79.9. The van der Waals surface area contributed by atoms with Crippen molar-refractivity contribution in [1.82, 2.24) is 9.97 Å². The Hall–Kier alpha value is -1.94. The lowest BCUT2D eigenvalue weighted by atomic mass is 10.3. The number of para-hydroxylation sites is 2. The molecule has 0 saturated heterocycles. The van der Waals surface area contributed by atoms with E-state index in [-0.39, 0.29) is 0 Å². The Morgan fingerprint density at radius 3 is 2.39 bits per heavy atom. The fraction of sp³-hybridized carbons (Fsp3) is 0. The third kappa shape index (κ3) is 2.33. The summed E-state index contributed by atoms with van der Waals surface area (Å²) in [6.45, 7) is 0. The molecular formula is C14H10BrN3. The van der Waals surface area contributed by atoms with Gasteiger partial charge in [-0.3, -0.25) is 4.98 Å². The molecule has 3 aromatic rings. The van der Waals surface area contributed by atoms with E-state index in [1.54, 1.807) is 6.20 Å². The van der Waals surface area contributed by atoms with Crippen LogP contribution in [0.25, 0.3) is 11.0 Å². The van der Waals surface area contributed by atoms with Crippen LogP contribution in [0, 0.1) is 0 Å². The lowest BCUT2D eigenvalue weighted by Crippen LogP contribution is -1.94. The first-order valence-corrected chi connectivity index (χ1v) is 6.35. The summed E-state index contributed by atoms with van der Waals surface area (Å²) in [7, 11) is 0. The minimum Gasteiger partial charge on any atom is -0.339 e. The van der Waals surface area contributed by atoms with Gasteiger partial charge in [-0.25, -0.2) is 4.98 Å². The minimum absolute atomic E-state index is 0.746. The van der Waals surface area contributed by atoms with Crippen molar-refractivity contribution < 1.29 is 0 Å². The van der Waals surface area contributed by atoms with Gasteiger partial charge in [-0.2, -0.15) is 0 Å². The maximum atomic E-state index is 4.51. The van der Waals surface area contributed by atoms with Crippen LogP contribution in [-0.2, 0) is 0 Å². The topological polar surface area (TPSA) is 37.8 Å². The lowest BCUT2D eigenvalue weighted by Gasteiger charge is -2.06. The second kappa shape index (κ2) is 4.74. The van der Waals surface area contributed by atoms with Gasteiger partial charge in [-0.05, 0) is 36.4 Å². The van der Waals surface area contributed by atoms with Crippen LogP contribution >= 0.6 is 15.9 Å². The molecule has 3 nitrogen and oxygen atoms in total. The molecule has 2 aromatic carbocycles. The lowest BCUT2D eigenvalue weighted by molar-refractivity contribution is 1.28.